The van der Waals surface area contributed by atoms with Gasteiger partial charge in [-0.2, -0.15) is 11.8 Å². The molecule has 2 rings (SSSR count). The Morgan fingerprint density at radius 3 is 2.95 bits per heavy atom. The highest BCUT2D eigenvalue weighted by atomic mass is 32.2. The molecule has 0 unspecified atom stereocenters. The standard InChI is InChI=1S/C15H23N3O2S/c1-3-16-15(18-8-9-21-2)17-7-6-12-4-5-13-14(10-12)20-11-19-13/h4-5,10H,3,6-9,11H2,1-2H3,(H2,16,17,18). The van der Waals surface area contributed by atoms with Gasteiger partial charge in [0.05, 0.1) is 6.54 Å². The summed E-state index contributed by atoms with van der Waals surface area (Å²) in [5, 5.41) is 6.61. The van der Waals surface area contributed by atoms with Crippen LogP contribution in [0, 0.1) is 0 Å². The Morgan fingerprint density at radius 1 is 1.29 bits per heavy atom. The number of benzene rings is 1. The smallest absolute Gasteiger partial charge is 0.231 e. The zero-order valence-electron chi connectivity index (χ0n) is 12.6. The van der Waals surface area contributed by atoms with Crippen LogP contribution in [-0.4, -0.2) is 44.4 Å². The van der Waals surface area contributed by atoms with E-state index in [1.165, 1.54) is 5.56 Å². The zero-order chi connectivity index (χ0) is 14.9. The van der Waals surface area contributed by atoms with Crippen LogP contribution in [0.4, 0.5) is 0 Å². The van der Waals surface area contributed by atoms with Crippen LogP contribution in [0.2, 0.25) is 0 Å². The molecular weight excluding hydrogens is 286 g/mol. The predicted octanol–water partition coefficient (Wildman–Crippen LogP) is 1.88. The molecular formula is C15H23N3O2S. The summed E-state index contributed by atoms with van der Waals surface area (Å²) in [6, 6.07) is 6.09. The van der Waals surface area contributed by atoms with E-state index in [2.05, 4.69) is 34.9 Å². The van der Waals surface area contributed by atoms with Crippen LogP contribution in [0.25, 0.3) is 0 Å². The molecule has 0 atom stereocenters. The van der Waals surface area contributed by atoms with Gasteiger partial charge in [0, 0.05) is 18.8 Å². The van der Waals surface area contributed by atoms with Gasteiger partial charge in [-0.1, -0.05) is 6.07 Å². The van der Waals surface area contributed by atoms with Gasteiger partial charge < -0.3 is 20.1 Å². The number of thioether (sulfide) groups is 1. The second-order valence-electron chi connectivity index (χ2n) is 4.62. The average Bonchev–Trinajstić information content (AvgIpc) is 2.95. The molecule has 1 aromatic rings. The first-order valence-electron chi connectivity index (χ1n) is 7.23. The number of rotatable bonds is 7. The summed E-state index contributed by atoms with van der Waals surface area (Å²) in [6.07, 6.45) is 3.01. The van der Waals surface area contributed by atoms with Gasteiger partial charge in [-0.15, -0.1) is 0 Å². The maximum Gasteiger partial charge on any atom is 0.231 e. The van der Waals surface area contributed by atoms with E-state index in [0.717, 1.165) is 49.3 Å². The molecule has 1 aliphatic rings. The highest BCUT2D eigenvalue weighted by Crippen LogP contribution is 2.32. The number of aliphatic imine (C=N–C) groups is 1. The molecule has 6 heteroatoms. The van der Waals surface area contributed by atoms with Crippen molar-refractivity contribution in [3.05, 3.63) is 23.8 Å². The predicted molar refractivity (Wildman–Crippen MR) is 88.6 cm³/mol. The van der Waals surface area contributed by atoms with Crippen LogP contribution in [0.5, 0.6) is 11.5 Å². The minimum Gasteiger partial charge on any atom is -0.454 e. The normalized spacial score (nSPS) is 13.3. The Labute approximate surface area is 130 Å². The maximum absolute atomic E-state index is 5.39. The molecule has 1 heterocycles. The topological polar surface area (TPSA) is 54.9 Å². The number of hydrogen-bond donors (Lipinski definition) is 2. The van der Waals surface area contributed by atoms with Gasteiger partial charge in [0.15, 0.2) is 17.5 Å². The lowest BCUT2D eigenvalue weighted by atomic mass is 10.1. The number of nitrogens with zero attached hydrogens (tertiary/aromatic N) is 1. The van der Waals surface area contributed by atoms with Gasteiger partial charge in [0.1, 0.15) is 0 Å². The van der Waals surface area contributed by atoms with E-state index in [1.807, 2.05) is 12.1 Å². The number of ether oxygens (including phenoxy) is 2. The molecule has 21 heavy (non-hydrogen) atoms. The highest BCUT2D eigenvalue weighted by Gasteiger charge is 2.12. The fraction of sp³-hybridized carbons (Fsp3) is 0.533. The molecule has 1 aliphatic heterocycles. The van der Waals surface area contributed by atoms with Crippen molar-refractivity contribution in [2.75, 3.05) is 38.4 Å². The molecule has 0 fully saturated rings. The maximum atomic E-state index is 5.39. The van der Waals surface area contributed by atoms with Crippen molar-refractivity contribution in [3.63, 3.8) is 0 Å². The van der Waals surface area contributed by atoms with Gasteiger partial charge in [0.2, 0.25) is 6.79 Å². The monoisotopic (exact) mass is 309 g/mol. The van der Waals surface area contributed by atoms with E-state index in [1.54, 1.807) is 11.8 Å². The van der Waals surface area contributed by atoms with Crippen molar-refractivity contribution < 1.29 is 9.47 Å². The second kappa shape index (κ2) is 8.67. The van der Waals surface area contributed by atoms with Gasteiger partial charge in [0.25, 0.3) is 0 Å². The summed E-state index contributed by atoms with van der Waals surface area (Å²) >= 11 is 1.81. The summed E-state index contributed by atoms with van der Waals surface area (Å²) < 4.78 is 10.7. The Morgan fingerprint density at radius 2 is 2.14 bits per heavy atom. The third kappa shape index (κ3) is 5.04. The van der Waals surface area contributed by atoms with Crippen LogP contribution in [0.1, 0.15) is 12.5 Å². The third-order valence-corrected chi connectivity index (χ3v) is 3.64. The van der Waals surface area contributed by atoms with Crippen molar-refractivity contribution in [2.24, 2.45) is 4.99 Å². The lowest BCUT2D eigenvalue weighted by molar-refractivity contribution is 0.174. The largest absolute Gasteiger partial charge is 0.454 e. The molecule has 0 aromatic heterocycles. The molecule has 0 bridgehead atoms. The van der Waals surface area contributed by atoms with Crippen molar-refractivity contribution in [2.45, 2.75) is 13.3 Å². The van der Waals surface area contributed by atoms with E-state index in [-0.39, 0.29) is 0 Å². The van der Waals surface area contributed by atoms with Crippen molar-refractivity contribution in [1.82, 2.24) is 10.6 Å². The summed E-state index contributed by atoms with van der Waals surface area (Å²) in [7, 11) is 0. The van der Waals surface area contributed by atoms with Crippen LogP contribution in [-0.2, 0) is 6.42 Å². The molecule has 1 aromatic carbocycles. The molecule has 0 aliphatic carbocycles. The van der Waals surface area contributed by atoms with E-state index < -0.39 is 0 Å². The minimum absolute atomic E-state index is 0.323. The number of nitrogens with one attached hydrogen (secondary N) is 2. The quantitative estimate of drug-likeness (QED) is 0.457. The SMILES string of the molecule is CCNC(=NCCSC)NCCc1ccc2c(c1)OCO2. The molecule has 2 N–H and O–H groups in total. The van der Waals surface area contributed by atoms with E-state index >= 15 is 0 Å². The Bertz CT molecular complexity index is 480. The van der Waals surface area contributed by atoms with E-state index in [4.69, 9.17) is 9.47 Å². The van der Waals surface area contributed by atoms with Gasteiger partial charge >= 0.3 is 0 Å². The van der Waals surface area contributed by atoms with Crippen LogP contribution in [0.3, 0.4) is 0 Å². The lowest BCUT2D eigenvalue weighted by Crippen LogP contribution is -2.38. The lowest BCUT2D eigenvalue weighted by Gasteiger charge is -2.11. The fourth-order valence-corrected chi connectivity index (χ4v) is 2.29. The first kappa shape index (κ1) is 15.8. The molecule has 0 radical (unpaired) electrons. The minimum atomic E-state index is 0.323. The molecule has 0 saturated heterocycles. The molecule has 0 saturated carbocycles. The van der Waals surface area contributed by atoms with E-state index in [0.29, 0.717) is 6.79 Å². The summed E-state index contributed by atoms with van der Waals surface area (Å²) in [5.74, 6) is 3.60. The Balaban J connectivity index is 1.80. The zero-order valence-corrected chi connectivity index (χ0v) is 13.5. The number of fused-ring (bicyclic) bond motifs is 1. The first-order chi connectivity index (χ1) is 10.3. The molecule has 116 valence electrons. The summed E-state index contributed by atoms with van der Waals surface area (Å²) in [5.41, 5.74) is 1.23. The molecule has 0 amide bonds. The Kier molecular flexibility index (Phi) is 6.53. The third-order valence-electron chi connectivity index (χ3n) is 3.05. The van der Waals surface area contributed by atoms with Crippen LogP contribution < -0.4 is 20.1 Å². The summed E-state index contributed by atoms with van der Waals surface area (Å²) in [6.45, 7) is 4.94. The highest BCUT2D eigenvalue weighted by molar-refractivity contribution is 7.98. The van der Waals surface area contributed by atoms with Crippen LogP contribution in [0.15, 0.2) is 23.2 Å². The van der Waals surface area contributed by atoms with E-state index in [9.17, 15) is 0 Å². The number of hydrogen-bond acceptors (Lipinski definition) is 4. The number of guanidine groups is 1. The molecule has 0 spiro atoms. The first-order valence-corrected chi connectivity index (χ1v) is 8.62. The van der Waals surface area contributed by atoms with Gasteiger partial charge in [-0.3, -0.25) is 4.99 Å². The van der Waals surface area contributed by atoms with Crippen molar-refractivity contribution >= 4 is 17.7 Å². The summed E-state index contributed by atoms with van der Waals surface area (Å²) in [4.78, 5) is 4.52. The Hall–Kier alpha value is -1.56. The van der Waals surface area contributed by atoms with Crippen molar-refractivity contribution in [3.8, 4) is 11.5 Å². The molecule has 5 nitrogen and oxygen atoms in total. The van der Waals surface area contributed by atoms with Gasteiger partial charge in [-0.05, 0) is 37.3 Å². The average molecular weight is 309 g/mol. The second-order valence-corrected chi connectivity index (χ2v) is 5.60. The fourth-order valence-electron chi connectivity index (χ4n) is 2.01. The van der Waals surface area contributed by atoms with Crippen molar-refractivity contribution in [1.29, 1.82) is 0 Å². The van der Waals surface area contributed by atoms with Crippen LogP contribution >= 0.6 is 11.8 Å². The van der Waals surface area contributed by atoms with Gasteiger partial charge in [-0.25, -0.2) is 0 Å².